The number of hydrogen-bond donors (Lipinski definition) is 5. The fourth-order valence-electron chi connectivity index (χ4n) is 5.88. The monoisotopic (exact) mass is 564 g/mol. The molecule has 36 heavy (non-hydrogen) atoms. The normalized spacial score (nSPS) is 31.7. The maximum Gasteiger partial charge on any atom is 0.316 e. The van der Waals surface area contributed by atoms with E-state index in [1.807, 2.05) is 0 Å². The number of benzene rings is 1. The van der Waals surface area contributed by atoms with Crippen molar-refractivity contribution in [3.05, 3.63) is 52.0 Å². The van der Waals surface area contributed by atoms with Crippen LogP contribution in [-0.4, -0.2) is 85.9 Å². The molecule has 12 heteroatoms. The Kier molecular flexibility index (Phi) is 6.26. The van der Waals surface area contributed by atoms with Gasteiger partial charge in [0.15, 0.2) is 11.4 Å². The highest BCUT2D eigenvalue weighted by Gasteiger charge is 2.68. The molecule has 0 unspecified atom stereocenters. The van der Waals surface area contributed by atoms with Gasteiger partial charge < -0.3 is 30.9 Å². The lowest BCUT2D eigenvalue weighted by molar-refractivity contribution is -0.179. The number of ketones is 2. The van der Waals surface area contributed by atoms with E-state index in [-0.39, 0.29) is 16.6 Å². The van der Waals surface area contributed by atoms with E-state index in [0.717, 1.165) is 0 Å². The number of phenolic OH excluding ortho intramolecular Hbond substituents is 1. The summed E-state index contributed by atoms with van der Waals surface area (Å²) in [6, 6.07) is 3.10. The molecule has 192 valence electrons. The SMILES string of the molecule is C[C@H]1c2cccc(O)c2C(=O)C2=C(O)[C@]3(O)C(=O)C(C(N)=O)=C(O)[C@H](N(C)C)[C@H]3[C@H](OC(=O)CBr)[C@@H]21. The van der Waals surface area contributed by atoms with Gasteiger partial charge in [-0.15, -0.1) is 0 Å². The number of nitrogens with two attached hydrogens (primary N) is 1. The Morgan fingerprint density at radius 3 is 2.39 bits per heavy atom. The highest BCUT2D eigenvalue weighted by molar-refractivity contribution is 9.09. The summed E-state index contributed by atoms with van der Waals surface area (Å²) >= 11 is 3.01. The molecular formula is C24H25BrN2O9. The molecule has 6 N–H and O–H groups in total. The quantitative estimate of drug-likeness (QED) is 0.197. The van der Waals surface area contributed by atoms with Crippen LogP contribution in [0.1, 0.15) is 28.8 Å². The molecule has 6 atom stereocenters. The summed E-state index contributed by atoms with van der Waals surface area (Å²) in [4.78, 5) is 53.2. The minimum atomic E-state index is -2.95. The molecule has 0 bridgehead atoms. The van der Waals surface area contributed by atoms with Gasteiger partial charge in [-0.1, -0.05) is 35.0 Å². The van der Waals surface area contributed by atoms with Crippen LogP contribution in [0, 0.1) is 11.8 Å². The number of aromatic hydroxyl groups is 1. The lowest BCUT2D eigenvalue weighted by atomic mass is 9.55. The van der Waals surface area contributed by atoms with Crippen molar-refractivity contribution in [1.82, 2.24) is 4.90 Å². The molecule has 0 aliphatic heterocycles. The summed E-state index contributed by atoms with van der Waals surface area (Å²) in [6.45, 7) is 1.68. The first-order valence-corrected chi connectivity index (χ1v) is 12.1. The zero-order valence-electron chi connectivity index (χ0n) is 19.6. The van der Waals surface area contributed by atoms with Crippen molar-refractivity contribution in [3.8, 4) is 5.75 Å². The van der Waals surface area contributed by atoms with E-state index in [1.54, 1.807) is 13.0 Å². The highest BCUT2D eigenvalue weighted by Crippen LogP contribution is 2.56. The van der Waals surface area contributed by atoms with E-state index >= 15 is 0 Å². The lowest BCUT2D eigenvalue weighted by Crippen LogP contribution is -2.69. The third-order valence-electron chi connectivity index (χ3n) is 7.34. The van der Waals surface area contributed by atoms with Crippen molar-refractivity contribution < 1.29 is 44.3 Å². The Hall–Kier alpha value is -3.22. The number of aliphatic hydroxyl groups is 3. The van der Waals surface area contributed by atoms with E-state index in [1.165, 1.54) is 31.1 Å². The number of carbonyl (C=O) groups excluding carboxylic acids is 4. The van der Waals surface area contributed by atoms with E-state index in [4.69, 9.17) is 10.5 Å². The number of primary amides is 1. The number of carbonyl (C=O) groups is 4. The Morgan fingerprint density at radius 2 is 1.83 bits per heavy atom. The second kappa shape index (κ2) is 8.71. The van der Waals surface area contributed by atoms with Crippen LogP contribution in [0.15, 0.2) is 40.9 Å². The average Bonchev–Trinajstić information content (AvgIpc) is 2.80. The molecule has 0 radical (unpaired) electrons. The van der Waals surface area contributed by atoms with Gasteiger partial charge in [0.05, 0.1) is 17.5 Å². The molecule has 0 heterocycles. The summed E-state index contributed by atoms with van der Waals surface area (Å²) in [6.07, 6.45) is -1.42. The lowest BCUT2D eigenvalue weighted by Gasteiger charge is -2.54. The number of Topliss-reactive ketones (excluding diaryl/α,β-unsaturated/α-hetero) is 2. The van der Waals surface area contributed by atoms with Gasteiger partial charge in [0, 0.05) is 11.5 Å². The zero-order chi connectivity index (χ0) is 26.9. The van der Waals surface area contributed by atoms with Gasteiger partial charge in [-0.3, -0.25) is 24.1 Å². The molecule has 0 aromatic heterocycles. The molecule has 3 aliphatic carbocycles. The summed E-state index contributed by atoms with van der Waals surface area (Å²) in [7, 11) is 2.97. The fraction of sp³-hybridized carbons (Fsp3) is 0.417. The number of alkyl halides is 1. The number of fused-ring (bicyclic) bond motifs is 3. The number of esters is 1. The van der Waals surface area contributed by atoms with Crippen LogP contribution in [-0.2, 0) is 19.1 Å². The number of nitrogens with zero attached hydrogens (tertiary/aromatic N) is 1. The first-order valence-electron chi connectivity index (χ1n) is 11.0. The number of halogens is 1. The van der Waals surface area contributed by atoms with E-state index < -0.39 is 81.6 Å². The minimum Gasteiger partial charge on any atom is -0.510 e. The van der Waals surface area contributed by atoms with Gasteiger partial charge in [-0.25, -0.2) is 0 Å². The van der Waals surface area contributed by atoms with Gasteiger partial charge in [0.25, 0.3) is 5.91 Å². The topological polar surface area (TPSA) is 188 Å². The molecule has 1 aromatic carbocycles. The summed E-state index contributed by atoms with van der Waals surface area (Å²) in [5, 5.41) is 44.4. The third-order valence-corrected chi connectivity index (χ3v) is 7.80. The maximum absolute atomic E-state index is 13.6. The summed E-state index contributed by atoms with van der Waals surface area (Å²) < 4.78 is 5.70. The van der Waals surface area contributed by atoms with Crippen molar-refractivity contribution in [3.63, 3.8) is 0 Å². The number of ether oxygens (including phenoxy) is 1. The van der Waals surface area contributed by atoms with Crippen LogP contribution < -0.4 is 5.73 Å². The molecule has 0 saturated carbocycles. The predicted octanol–water partition coefficient (Wildman–Crippen LogP) is 0.598. The third kappa shape index (κ3) is 3.31. The largest absolute Gasteiger partial charge is 0.510 e. The highest BCUT2D eigenvalue weighted by atomic mass is 79.9. The van der Waals surface area contributed by atoms with Gasteiger partial charge in [-0.2, -0.15) is 0 Å². The van der Waals surface area contributed by atoms with E-state index in [2.05, 4.69) is 15.9 Å². The Morgan fingerprint density at radius 1 is 1.19 bits per heavy atom. The first kappa shape index (κ1) is 25.9. The van der Waals surface area contributed by atoms with Crippen LogP contribution in [0.25, 0.3) is 0 Å². The minimum absolute atomic E-state index is 0.128. The molecule has 0 saturated heterocycles. The van der Waals surface area contributed by atoms with Gasteiger partial charge >= 0.3 is 5.97 Å². The molecule has 0 spiro atoms. The molecule has 4 rings (SSSR count). The average molecular weight is 565 g/mol. The van der Waals surface area contributed by atoms with E-state index in [9.17, 15) is 39.6 Å². The molecule has 1 amide bonds. The summed E-state index contributed by atoms with van der Waals surface area (Å²) in [5.74, 6) is -9.87. The second-order valence-corrected chi connectivity index (χ2v) is 9.95. The number of hydrogen-bond acceptors (Lipinski definition) is 10. The number of aliphatic hydroxyl groups excluding tert-OH is 2. The van der Waals surface area contributed by atoms with Crippen molar-refractivity contribution in [1.29, 1.82) is 0 Å². The van der Waals surface area contributed by atoms with Crippen molar-refractivity contribution in [2.75, 3.05) is 19.4 Å². The fourth-order valence-corrected chi connectivity index (χ4v) is 6.01. The van der Waals surface area contributed by atoms with Crippen molar-refractivity contribution in [2.24, 2.45) is 17.6 Å². The zero-order valence-corrected chi connectivity index (χ0v) is 21.1. The number of likely N-dealkylation sites (N-methyl/N-ethyl adjacent to an activating group) is 1. The maximum atomic E-state index is 13.6. The smallest absolute Gasteiger partial charge is 0.316 e. The van der Waals surface area contributed by atoms with E-state index in [0.29, 0.717) is 5.56 Å². The van der Waals surface area contributed by atoms with Crippen molar-refractivity contribution >= 4 is 39.4 Å². The summed E-state index contributed by atoms with van der Waals surface area (Å²) in [5.41, 5.74) is 1.30. The van der Waals surface area contributed by atoms with Crippen molar-refractivity contribution in [2.45, 2.75) is 30.6 Å². The van der Waals surface area contributed by atoms with Gasteiger partial charge in [0.2, 0.25) is 5.78 Å². The molecule has 1 aromatic rings. The number of amides is 1. The Labute approximate surface area is 214 Å². The van der Waals surface area contributed by atoms with Crippen LogP contribution >= 0.6 is 15.9 Å². The van der Waals surface area contributed by atoms with Crippen LogP contribution in [0.5, 0.6) is 5.75 Å². The molecule has 3 aliphatic rings. The standard InChI is InChI=1S/C24H25BrN2O9/c1-8-9-5-4-6-10(28)13(9)18(30)14-12(8)20(36-11(29)7-25)16-17(27(2)3)19(31)15(23(26)34)22(33)24(16,35)21(14)32/h4-6,8,12,16-17,20,28,31-32,35H,7H2,1-3H3,(H2,26,34)/t8-,12+,16-,17+,20+,24-/m0/s1. The van der Waals surface area contributed by atoms with Crippen LogP contribution in [0.4, 0.5) is 0 Å². The molecule has 11 nitrogen and oxygen atoms in total. The van der Waals surface area contributed by atoms with Gasteiger partial charge in [0.1, 0.15) is 34.3 Å². The predicted molar refractivity (Wildman–Crippen MR) is 127 cm³/mol. The van der Waals surface area contributed by atoms with Crippen LogP contribution in [0.3, 0.4) is 0 Å². The Balaban J connectivity index is 2.11. The van der Waals surface area contributed by atoms with Crippen LogP contribution in [0.2, 0.25) is 0 Å². The number of rotatable bonds is 4. The first-order chi connectivity index (χ1) is 16.8. The Bertz CT molecular complexity index is 1270. The molecular weight excluding hydrogens is 540 g/mol. The second-order valence-electron chi connectivity index (χ2n) is 9.39. The molecule has 0 fully saturated rings. The number of phenols is 1. The van der Waals surface area contributed by atoms with Gasteiger partial charge in [-0.05, 0) is 31.6 Å².